The van der Waals surface area contributed by atoms with E-state index < -0.39 is 16.0 Å². The number of piperazine rings is 1. The molecule has 26 heavy (non-hydrogen) atoms. The number of rotatable bonds is 4. The standard InChI is InChI=1S/C18H19ClN2O4S/c1-25-18(22)14-7-8-17(16(19)13-14)26(23,24)21-11-9-20(10-12-21)15-5-3-2-4-6-15/h2-8,13H,9-12H2,1H3. The molecule has 1 saturated heterocycles. The van der Waals surface area contributed by atoms with Crippen LogP contribution in [0.25, 0.3) is 0 Å². The Morgan fingerprint density at radius 1 is 1.04 bits per heavy atom. The fourth-order valence-corrected chi connectivity index (χ4v) is 4.86. The molecular formula is C18H19ClN2O4S. The molecule has 0 radical (unpaired) electrons. The number of benzene rings is 2. The molecule has 0 amide bonds. The third-order valence-corrected chi connectivity index (χ3v) is 6.71. The summed E-state index contributed by atoms with van der Waals surface area (Å²) in [6, 6.07) is 14.0. The van der Waals surface area contributed by atoms with Crippen LogP contribution in [-0.4, -0.2) is 52.0 Å². The third-order valence-electron chi connectivity index (χ3n) is 4.33. The van der Waals surface area contributed by atoms with Gasteiger partial charge in [-0.2, -0.15) is 4.31 Å². The fourth-order valence-electron chi connectivity index (χ4n) is 2.92. The van der Waals surface area contributed by atoms with Gasteiger partial charge in [-0.1, -0.05) is 29.8 Å². The first-order valence-corrected chi connectivity index (χ1v) is 9.93. The Morgan fingerprint density at radius 2 is 1.69 bits per heavy atom. The Morgan fingerprint density at radius 3 is 2.27 bits per heavy atom. The second-order valence-electron chi connectivity index (χ2n) is 5.86. The highest BCUT2D eigenvalue weighted by molar-refractivity contribution is 7.89. The Balaban J connectivity index is 1.76. The highest BCUT2D eigenvalue weighted by atomic mass is 35.5. The first-order chi connectivity index (χ1) is 12.4. The van der Waals surface area contributed by atoms with E-state index in [1.165, 1.54) is 29.6 Å². The smallest absolute Gasteiger partial charge is 0.337 e. The summed E-state index contributed by atoms with van der Waals surface area (Å²) in [6.45, 7) is 1.93. The SMILES string of the molecule is COC(=O)c1ccc(S(=O)(=O)N2CCN(c3ccccc3)CC2)c(Cl)c1. The van der Waals surface area contributed by atoms with Gasteiger partial charge in [0.1, 0.15) is 4.90 Å². The summed E-state index contributed by atoms with van der Waals surface area (Å²) in [5.41, 5.74) is 1.29. The molecule has 6 nitrogen and oxygen atoms in total. The average molecular weight is 395 g/mol. The molecule has 1 aliphatic heterocycles. The second kappa shape index (κ2) is 7.65. The molecule has 138 valence electrons. The number of para-hydroxylation sites is 1. The van der Waals surface area contributed by atoms with Crippen LogP contribution < -0.4 is 4.90 Å². The van der Waals surface area contributed by atoms with Gasteiger partial charge in [-0.25, -0.2) is 13.2 Å². The minimum Gasteiger partial charge on any atom is -0.465 e. The van der Waals surface area contributed by atoms with E-state index in [9.17, 15) is 13.2 Å². The summed E-state index contributed by atoms with van der Waals surface area (Å²) in [4.78, 5) is 13.7. The lowest BCUT2D eigenvalue weighted by Crippen LogP contribution is -2.48. The van der Waals surface area contributed by atoms with Crippen molar-refractivity contribution in [2.24, 2.45) is 0 Å². The highest BCUT2D eigenvalue weighted by Crippen LogP contribution is 2.27. The molecule has 1 heterocycles. The van der Waals surface area contributed by atoms with Gasteiger partial charge in [-0.15, -0.1) is 0 Å². The van der Waals surface area contributed by atoms with Crippen molar-refractivity contribution in [3.05, 3.63) is 59.1 Å². The molecular weight excluding hydrogens is 376 g/mol. The molecule has 3 rings (SSSR count). The number of carbonyl (C=O) groups excluding carboxylic acids is 1. The summed E-state index contributed by atoms with van der Waals surface area (Å²) in [6.07, 6.45) is 0. The van der Waals surface area contributed by atoms with Crippen LogP contribution in [0, 0.1) is 0 Å². The lowest BCUT2D eigenvalue weighted by molar-refractivity contribution is 0.0600. The normalized spacial score (nSPS) is 15.7. The Kier molecular flexibility index (Phi) is 5.50. The quantitative estimate of drug-likeness (QED) is 0.746. The molecule has 0 atom stereocenters. The number of esters is 1. The Labute approximate surface area is 158 Å². The zero-order valence-corrected chi connectivity index (χ0v) is 15.8. The highest BCUT2D eigenvalue weighted by Gasteiger charge is 2.30. The molecule has 0 N–H and O–H groups in total. The van der Waals surface area contributed by atoms with Crippen molar-refractivity contribution in [3.8, 4) is 0 Å². The van der Waals surface area contributed by atoms with Gasteiger partial charge in [0, 0.05) is 31.9 Å². The first-order valence-electron chi connectivity index (χ1n) is 8.11. The van der Waals surface area contributed by atoms with Gasteiger partial charge in [0.05, 0.1) is 17.7 Å². The van der Waals surface area contributed by atoms with Crippen molar-refractivity contribution < 1.29 is 17.9 Å². The summed E-state index contributed by atoms with van der Waals surface area (Å²) < 4.78 is 31.9. The van der Waals surface area contributed by atoms with Gasteiger partial charge < -0.3 is 9.64 Å². The minimum absolute atomic E-state index is 0.0000177. The molecule has 0 spiro atoms. The Hall–Kier alpha value is -2.09. The van der Waals surface area contributed by atoms with Crippen LogP contribution >= 0.6 is 11.6 Å². The van der Waals surface area contributed by atoms with Crippen molar-refractivity contribution in [3.63, 3.8) is 0 Å². The lowest BCUT2D eigenvalue weighted by Gasteiger charge is -2.35. The summed E-state index contributed by atoms with van der Waals surface area (Å²) in [7, 11) is -2.47. The number of ether oxygens (including phenoxy) is 1. The number of hydrogen-bond acceptors (Lipinski definition) is 5. The maximum absolute atomic E-state index is 12.9. The van der Waals surface area contributed by atoms with Crippen LogP contribution in [0.1, 0.15) is 10.4 Å². The van der Waals surface area contributed by atoms with E-state index in [-0.39, 0.29) is 15.5 Å². The monoisotopic (exact) mass is 394 g/mol. The molecule has 0 saturated carbocycles. The van der Waals surface area contributed by atoms with E-state index in [0.29, 0.717) is 26.2 Å². The number of nitrogens with zero attached hydrogens (tertiary/aromatic N) is 2. The van der Waals surface area contributed by atoms with Crippen molar-refractivity contribution in [2.45, 2.75) is 4.90 Å². The molecule has 8 heteroatoms. The van der Waals surface area contributed by atoms with Crippen LogP contribution in [0.3, 0.4) is 0 Å². The van der Waals surface area contributed by atoms with Gasteiger partial charge in [-0.05, 0) is 30.3 Å². The molecule has 0 bridgehead atoms. The van der Waals surface area contributed by atoms with Crippen molar-refractivity contribution in [2.75, 3.05) is 38.2 Å². The van der Waals surface area contributed by atoms with E-state index >= 15 is 0 Å². The lowest BCUT2D eigenvalue weighted by atomic mass is 10.2. The predicted molar refractivity (Wildman–Crippen MR) is 100 cm³/mol. The van der Waals surface area contributed by atoms with E-state index in [1.807, 2.05) is 30.3 Å². The molecule has 1 aliphatic rings. The van der Waals surface area contributed by atoms with E-state index in [0.717, 1.165) is 5.69 Å². The van der Waals surface area contributed by atoms with E-state index in [4.69, 9.17) is 11.6 Å². The molecule has 0 aromatic heterocycles. The Bertz CT molecular complexity index is 895. The van der Waals surface area contributed by atoms with Crippen molar-refractivity contribution >= 4 is 33.3 Å². The fraction of sp³-hybridized carbons (Fsp3) is 0.278. The molecule has 2 aromatic rings. The number of methoxy groups -OCH3 is 1. The zero-order chi connectivity index (χ0) is 18.7. The van der Waals surface area contributed by atoms with E-state index in [2.05, 4.69) is 9.64 Å². The number of hydrogen-bond donors (Lipinski definition) is 0. The van der Waals surface area contributed by atoms with Gasteiger partial charge >= 0.3 is 5.97 Å². The maximum atomic E-state index is 12.9. The van der Waals surface area contributed by atoms with Crippen LogP contribution in [0.15, 0.2) is 53.4 Å². The van der Waals surface area contributed by atoms with Crippen molar-refractivity contribution in [1.29, 1.82) is 0 Å². The van der Waals surface area contributed by atoms with Gasteiger partial charge in [0.15, 0.2) is 0 Å². The van der Waals surface area contributed by atoms with Crippen LogP contribution in [0.5, 0.6) is 0 Å². The predicted octanol–water partition coefficient (Wildman–Crippen LogP) is 2.64. The second-order valence-corrected chi connectivity index (χ2v) is 8.18. The largest absolute Gasteiger partial charge is 0.465 e. The number of carbonyl (C=O) groups is 1. The molecule has 2 aromatic carbocycles. The zero-order valence-electron chi connectivity index (χ0n) is 14.3. The van der Waals surface area contributed by atoms with E-state index in [1.54, 1.807) is 0 Å². The van der Waals surface area contributed by atoms with Crippen LogP contribution in [0.2, 0.25) is 5.02 Å². The summed E-state index contributed by atoms with van der Waals surface area (Å²) >= 11 is 6.13. The van der Waals surface area contributed by atoms with Gasteiger partial charge in [0.2, 0.25) is 10.0 Å². The van der Waals surface area contributed by atoms with Crippen LogP contribution in [0.4, 0.5) is 5.69 Å². The average Bonchev–Trinajstić information content (AvgIpc) is 2.68. The number of sulfonamides is 1. The topological polar surface area (TPSA) is 66.9 Å². The van der Waals surface area contributed by atoms with Crippen molar-refractivity contribution in [1.82, 2.24) is 4.31 Å². The minimum atomic E-state index is -3.72. The van der Waals surface area contributed by atoms with Gasteiger partial charge in [0.25, 0.3) is 0 Å². The maximum Gasteiger partial charge on any atom is 0.337 e. The molecule has 1 fully saturated rings. The van der Waals surface area contributed by atoms with Crippen LogP contribution in [-0.2, 0) is 14.8 Å². The summed E-state index contributed by atoms with van der Waals surface area (Å²) in [5.74, 6) is -0.563. The number of halogens is 1. The first kappa shape index (κ1) is 18.7. The summed E-state index contributed by atoms with van der Waals surface area (Å²) in [5, 5.41) is 0.0124. The molecule has 0 aliphatic carbocycles. The number of anilines is 1. The molecule has 0 unspecified atom stereocenters. The third kappa shape index (κ3) is 3.70. The van der Waals surface area contributed by atoms with Gasteiger partial charge in [-0.3, -0.25) is 0 Å².